The van der Waals surface area contributed by atoms with Crippen LogP contribution in [0.2, 0.25) is 0 Å². The summed E-state index contributed by atoms with van der Waals surface area (Å²) in [5.74, 6) is 6.72. The number of methoxy groups -OCH3 is 1. The molecule has 106 valence electrons. The van der Waals surface area contributed by atoms with Crippen molar-refractivity contribution in [3.05, 3.63) is 23.8 Å². The van der Waals surface area contributed by atoms with Gasteiger partial charge in [-0.2, -0.15) is 0 Å². The van der Waals surface area contributed by atoms with Crippen LogP contribution in [0.15, 0.2) is 18.2 Å². The number of carbonyl (C=O) groups is 1. The highest BCUT2D eigenvalue weighted by Crippen LogP contribution is 2.28. The molecule has 0 aliphatic heterocycles. The highest BCUT2D eigenvalue weighted by Gasteiger charge is 2.08. The van der Waals surface area contributed by atoms with Crippen molar-refractivity contribution < 1.29 is 14.3 Å². The average molecular weight is 266 g/mol. The normalized spacial score (nSPS) is 10.4. The lowest BCUT2D eigenvalue weighted by molar-refractivity contribution is -0.121. The van der Waals surface area contributed by atoms with Crippen LogP contribution in [0.5, 0.6) is 11.5 Å². The Labute approximate surface area is 114 Å². The fraction of sp³-hybridized carbons (Fsp3) is 0.500. The number of hydrogen-bond acceptors (Lipinski definition) is 4. The van der Waals surface area contributed by atoms with Crippen LogP contribution in [0.25, 0.3) is 0 Å². The van der Waals surface area contributed by atoms with Gasteiger partial charge in [0.25, 0.3) is 0 Å². The molecule has 1 aromatic carbocycles. The number of amides is 1. The molecule has 1 aromatic rings. The van der Waals surface area contributed by atoms with Crippen LogP contribution in [0.3, 0.4) is 0 Å². The monoisotopic (exact) mass is 266 g/mol. The Kier molecular flexibility index (Phi) is 6.15. The van der Waals surface area contributed by atoms with E-state index in [4.69, 9.17) is 15.3 Å². The van der Waals surface area contributed by atoms with E-state index in [1.165, 1.54) is 0 Å². The van der Waals surface area contributed by atoms with E-state index in [0.29, 0.717) is 36.9 Å². The van der Waals surface area contributed by atoms with Crippen molar-refractivity contribution in [2.45, 2.75) is 26.7 Å². The molecule has 5 heteroatoms. The van der Waals surface area contributed by atoms with Gasteiger partial charge in [-0.25, -0.2) is 5.84 Å². The SMILES string of the molecule is COc1ccc(CCC(=O)NN)cc1OCC(C)C. The fourth-order valence-electron chi connectivity index (χ4n) is 1.58. The standard InChI is InChI=1S/C14H22N2O3/c1-10(2)9-19-13-8-11(4-6-12(13)18-3)5-7-14(17)16-15/h4,6,8,10H,5,7,9,15H2,1-3H3,(H,16,17). The van der Waals surface area contributed by atoms with Gasteiger partial charge in [0.15, 0.2) is 11.5 Å². The molecule has 0 atom stereocenters. The van der Waals surface area contributed by atoms with E-state index in [9.17, 15) is 4.79 Å². The first-order valence-corrected chi connectivity index (χ1v) is 6.36. The number of benzene rings is 1. The fourth-order valence-corrected chi connectivity index (χ4v) is 1.58. The maximum Gasteiger partial charge on any atom is 0.234 e. The molecule has 3 N–H and O–H groups in total. The summed E-state index contributed by atoms with van der Waals surface area (Å²) in [6.45, 7) is 4.80. The molecule has 1 amide bonds. The minimum Gasteiger partial charge on any atom is -0.493 e. The Hall–Kier alpha value is -1.75. The highest BCUT2D eigenvalue weighted by atomic mass is 16.5. The van der Waals surface area contributed by atoms with E-state index < -0.39 is 0 Å². The Bertz CT molecular complexity index is 419. The Morgan fingerprint density at radius 3 is 2.68 bits per heavy atom. The third-order valence-electron chi connectivity index (χ3n) is 2.60. The first-order valence-electron chi connectivity index (χ1n) is 6.36. The Balaban J connectivity index is 2.73. The second-order valence-corrected chi connectivity index (χ2v) is 4.76. The summed E-state index contributed by atoms with van der Waals surface area (Å²) in [6.07, 6.45) is 0.970. The van der Waals surface area contributed by atoms with Gasteiger partial charge in [0.2, 0.25) is 5.91 Å². The molecule has 0 aliphatic carbocycles. The van der Waals surface area contributed by atoms with Crippen molar-refractivity contribution >= 4 is 5.91 Å². The molecule has 0 spiro atoms. The van der Waals surface area contributed by atoms with Gasteiger partial charge in [0, 0.05) is 6.42 Å². The van der Waals surface area contributed by atoms with Gasteiger partial charge in [-0.15, -0.1) is 0 Å². The van der Waals surface area contributed by atoms with Gasteiger partial charge in [-0.3, -0.25) is 10.2 Å². The number of ether oxygens (including phenoxy) is 2. The predicted octanol–water partition coefficient (Wildman–Crippen LogP) is 1.65. The zero-order valence-electron chi connectivity index (χ0n) is 11.7. The van der Waals surface area contributed by atoms with E-state index in [-0.39, 0.29) is 5.91 Å². The predicted molar refractivity (Wildman–Crippen MR) is 74.0 cm³/mol. The molecule has 0 bridgehead atoms. The maximum absolute atomic E-state index is 11.1. The molecule has 0 saturated carbocycles. The van der Waals surface area contributed by atoms with Gasteiger partial charge < -0.3 is 9.47 Å². The molecule has 0 aliphatic rings. The minimum atomic E-state index is -0.180. The van der Waals surface area contributed by atoms with Gasteiger partial charge >= 0.3 is 0 Å². The summed E-state index contributed by atoms with van der Waals surface area (Å²) in [5, 5.41) is 0. The molecule has 0 fully saturated rings. The zero-order valence-corrected chi connectivity index (χ0v) is 11.7. The number of aryl methyl sites for hydroxylation is 1. The van der Waals surface area contributed by atoms with Gasteiger partial charge in [0.1, 0.15) is 0 Å². The lowest BCUT2D eigenvalue weighted by atomic mass is 10.1. The summed E-state index contributed by atoms with van der Waals surface area (Å²) >= 11 is 0. The van der Waals surface area contributed by atoms with Crippen LogP contribution >= 0.6 is 0 Å². The summed E-state index contributed by atoms with van der Waals surface area (Å²) in [4.78, 5) is 11.1. The zero-order chi connectivity index (χ0) is 14.3. The van der Waals surface area contributed by atoms with Crippen LogP contribution in [0.4, 0.5) is 0 Å². The van der Waals surface area contributed by atoms with Gasteiger partial charge in [0.05, 0.1) is 13.7 Å². The Morgan fingerprint density at radius 1 is 1.37 bits per heavy atom. The summed E-state index contributed by atoms with van der Waals surface area (Å²) in [5.41, 5.74) is 3.13. The molecule has 0 aromatic heterocycles. The van der Waals surface area contributed by atoms with Gasteiger partial charge in [-0.05, 0) is 30.0 Å². The van der Waals surface area contributed by atoms with Crippen molar-refractivity contribution in [2.75, 3.05) is 13.7 Å². The molecular weight excluding hydrogens is 244 g/mol. The van der Waals surface area contributed by atoms with E-state index >= 15 is 0 Å². The lowest BCUT2D eigenvalue weighted by Crippen LogP contribution is -2.30. The second-order valence-electron chi connectivity index (χ2n) is 4.76. The third kappa shape index (κ3) is 5.18. The van der Waals surface area contributed by atoms with Crippen LogP contribution in [-0.2, 0) is 11.2 Å². The average Bonchev–Trinajstić information content (AvgIpc) is 2.42. The number of hydrazine groups is 1. The van der Waals surface area contributed by atoms with Crippen molar-refractivity contribution in [1.29, 1.82) is 0 Å². The largest absolute Gasteiger partial charge is 0.493 e. The second kappa shape index (κ2) is 7.63. The number of nitrogens with two attached hydrogens (primary N) is 1. The molecule has 0 heterocycles. The smallest absolute Gasteiger partial charge is 0.234 e. The van der Waals surface area contributed by atoms with E-state index in [0.717, 1.165) is 5.56 Å². The number of nitrogens with one attached hydrogen (secondary N) is 1. The maximum atomic E-state index is 11.1. The van der Waals surface area contributed by atoms with E-state index in [1.807, 2.05) is 18.2 Å². The lowest BCUT2D eigenvalue weighted by Gasteiger charge is -2.13. The number of rotatable bonds is 7. The molecule has 0 unspecified atom stereocenters. The van der Waals surface area contributed by atoms with E-state index in [1.54, 1.807) is 7.11 Å². The van der Waals surface area contributed by atoms with Crippen molar-refractivity contribution in [2.24, 2.45) is 11.8 Å². The Morgan fingerprint density at radius 2 is 2.11 bits per heavy atom. The summed E-state index contributed by atoms with van der Waals surface area (Å²) in [6, 6.07) is 5.68. The molecule has 0 saturated heterocycles. The van der Waals surface area contributed by atoms with E-state index in [2.05, 4.69) is 19.3 Å². The van der Waals surface area contributed by atoms with Crippen LogP contribution in [-0.4, -0.2) is 19.6 Å². The molecule has 1 rings (SSSR count). The van der Waals surface area contributed by atoms with Crippen LogP contribution in [0, 0.1) is 5.92 Å². The minimum absolute atomic E-state index is 0.180. The summed E-state index contributed by atoms with van der Waals surface area (Å²) < 4.78 is 11.0. The summed E-state index contributed by atoms with van der Waals surface area (Å²) in [7, 11) is 1.61. The van der Waals surface area contributed by atoms with Crippen LogP contribution < -0.4 is 20.7 Å². The van der Waals surface area contributed by atoms with Crippen molar-refractivity contribution in [1.82, 2.24) is 5.43 Å². The molecule has 19 heavy (non-hydrogen) atoms. The third-order valence-corrected chi connectivity index (χ3v) is 2.60. The quantitative estimate of drug-likeness (QED) is 0.447. The van der Waals surface area contributed by atoms with Crippen LogP contribution in [0.1, 0.15) is 25.8 Å². The molecular formula is C14H22N2O3. The first kappa shape index (κ1) is 15.3. The van der Waals surface area contributed by atoms with Crippen molar-refractivity contribution in [3.63, 3.8) is 0 Å². The first-order chi connectivity index (χ1) is 9.06. The van der Waals surface area contributed by atoms with Gasteiger partial charge in [-0.1, -0.05) is 19.9 Å². The topological polar surface area (TPSA) is 73.6 Å². The van der Waals surface area contributed by atoms with Crippen molar-refractivity contribution in [3.8, 4) is 11.5 Å². The molecule has 5 nitrogen and oxygen atoms in total. The number of carbonyl (C=O) groups excluding carboxylic acids is 1. The highest BCUT2D eigenvalue weighted by molar-refractivity contribution is 5.75. The molecule has 0 radical (unpaired) electrons. The number of hydrogen-bond donors (Lipinski definition) is 2.